The standard InChI is InChI=1S/C22H28N2O2/c1-2-6-18(7-3-1)14-23-15-19-10-12-24(13-11-19)16-20-17-25-21-8-4-5-9-22(21)26-20/h1-9,19-20,23H,10-17H2. The van der Waals surface area contributed by atoms with Crippen LogP contribution in [0.25, 0.3) is 0 Å². The van der Waals surface area contributed by atoms with Gasteiger partial charge in [0.25, 0.3) is 0 Å². The molecule has 0 radical (unpaired) electrons. The topological polar surface area (TPSA) is 33.7 Å². The molecule has 0 spiro atoms. The molecular formula is C22H28N2O2. The van der Waals surface area contributed by atoms with Crippen LogP contribution in [0.2, 0.25) is 0 Å². The Morgan fingerprint density at radius 3 is 2.46 bits per heavy atom. The number of rotatable bonds is 6. The third kappa shape index (κ3) is 4.57. The fraction of sp³-hybridized carbons (Fsp3) is 0.455. The molecule has 0 amide bonds. The Hall–Kier alpha value is -2.04. The van der Waals surface area contributed by atoms with Gasteiger partial charge in [-0.25, -0.2) is 0 Å². The van der Waals surface area contributed by atoms with Crippen LogP contribution in [0.5, 0.6) is 11.5 Å². The van der Waals surface area contributed by atoms with Crippen LogP contribution in [0.4, 0.5) is 0 Å². The highest BCUT2D eigenvalue weighted by Crippen LogP contribution is 2.31. The zero-order valence-corrected chi connectivity index (χ0v) is 15.3. The minimum atomic E-state index is 0.137. The molecule has 2 aromatic rings. The van der Waals surface area contributed by atoms with Gasteiger partial charge in [0.2, 0.25) is 0 Å². The first kappa shape index (κ1) is 17.4. The Balaban J connectivity index is 1.16. The zero-order valence-electron chi connectivity index (χ0n) is 15.3. The van der Waals surface area contributed by atoms with Crippen LogP contribution in [-0.4, -0.2) is 43.8 Å². The Labute approximate surface area is 156 Å². The lowest BCUT2D eigenvalue weighted by atomic mass is 9.96. The first-order valence-corrected chi connectivity index (χ1v) is 9.72. The number of nitrogens with one attached hydrogen (secondary N) is 1. The quantitative estimate of drug-likeness (QED) is 0.865. The van der Waals surface area contributed by atoms with E-state index in [2.05, 4.69) is 40.5 Å². The Bertz CT molecular complexity index is 684. The van der Waals surface area contributed by atoms with Gasteiger partial charge in [0.15, 0.2) is 11.5 Å². The third-order valence-electron chi connectivity index (χ3n) is 5.34. The van der Waals surface area contributed by atoms with E-state index in [1.165, 1.54) is 18.4 Å². The summed E-state index contributed by atoms with van der Waals surface area (Å²) in [6, 6.07) is 18.6. The summed E-state index contributed by atoms with van der Waals surface area (Å²) in [5, 5.41) is 3.62. The van der Waals surface area contributed by atoms with Crippen molar-refractivity contribution in [3.8, 4) is 11.5 Å². The van der Waals surface area contributed by atoms with Gasteiger partial charge in [0, 0.05) is 13.1 Å². The van der Waals surface area contributed by atoms with Crippen molar-refractivity contribution >= 4 is 0 Å². The van der Waals surface area contributed by atoms with E-state index in [1.807, 2.05) is 24.3 Å². The summed E-state index contributed by atoms with van der Waals surface area (Å²) in [5.41, 5.74) is 1.36. The van der Waals surface area contributed by atoms with E-state index in [0.29, 0.717) is 6.61 Å². The lowest BCUT2D eigenvalue weighted by Crippen LogP contribution is -2.45. The molecule has 138 valence electrons. The minimum Gasteiger partial charge on any atom is -0.486 e. The van der Waals surface area contributed by atoms with Crippen molar-refractivity contribution < 1.29 is 9.47 Å². The highest BCUT2D eigenvalue weighted by atomic mass is 16.6. The van der Waals surface area contributed by atoms with Gasteiger partial charge >= 0.3 is 0 Å². The van der Waals surface area contributed by atoms with Gasteiger partial charge in [-0.2, -0.15) is 0 Å². The molecule has 1 atom stereocenters. The number of hydrogen-bond donors (Lipinski definition) is 1. The average molecular weight is 352 g/mol. The SMILES string of the molecule is c1ccc(CNCC2CCN(CC3COc4ccccc4O3)CC2)cc1. The second-order valence-corrected chi connectivity index (χ2v) is 7.36. The molecule has 0 bridgehead atoms. The van der Waals surface area contributed by atoms with E-state index in [9.17, 15) is 0 Å². The van der Waals surface area contributed by atoms with Crippen LogP contribution in [0.15, 0.2) is 54.6 Å². The van der Waals surface area contributed by atoms with Gasteiger partial charge in [-0.05, 0) is 56.1 Å². The second kappa shape index (κ2) is 8.56. The minimum absolute atomic E-state index is 0.137. The van der Waals surface area contributed by atoms with E-state index in [4.69, 9.17) is 9.47 Å². The van der Waals surface area contributed by atoms with Crippen molar-refractivity contribution in [3.63, 3.8) is 0 Å². The molecule has 1 saturated heterocycles. The number of fused-ring (bicyclic) bond motifs is 1. The molecule has 0 aliphatic carbocycles. The number of hydrogen-bond acceptors (Lipinski definition) is 4. The smallest absolute Gasteiger partial charge is 0.161 e. The van der Waals surface area contributed by atoms with Crippen molar-refractivity contribution in [1.29, 1.82) is 0 Å². The molecular weight excluding hydrogens is 324 g/mol. The monoisotopic (exact) mass is 352 g/mol. The van der Waals surface area contributed by atoms with Crippen LogP contribution in [0.1, 0.15) is 18.4 Å². The summed E-state index contributed by atoms with van der Waals surface area (Å²) in [5.74, 6) is 2.52. The summed E-state index contributed by atoms with van der Waals surface area (Å²) in [6.45, 7) is 5.99. The number of benzene rings is 2. The average Bonchev–Trinajstić information content (AvgIpc) is 2.70. The van der Waals surface area contributed by atoms with Gasteiger partial charge in [-0.3, -0.25) is 4.90 Å². The second-order valence-electron chi connectivity index (χ2n) is 7.36. The summed E-state index contributed by atoms with van der Waals surface area (Å²) >= 11 is 0. The molecule has 1 fully saturated rings. The van der Waals surface area contributed by atoms with Crippen LogP contribution >= 0.6 is 0 Å². The van der Waals surface area contributed by atoms with Gasteiger partial charge in [-0.15, -0.1) is 0 Å². The Kier molecular flexibility index (Phi) is 5.72. The normalized spacial score (nSPS) is 20.8. The maximum Gasteiger partial charge on any atom is 0.161 e. The first-order chi connectivity index (χ1) is 12.9. The molecule has 2 heterocycles. The van der Waals surface area contributed by atoms with Crippen molar-refractivity contribution in [1.82, 2.24) is 10.2 Å². The molecule has 4 heteroatoms. The molecule has 2 aromatic carbocycles. The number of likely N-dealkylation sites (tertiary alicyclic amines) is 1. The number of para-hydroxylation sites is 2. The molecule has 0 aromatic heterocycles. The fourth-order valence-corrected chi connectivity index (χ4v) is 3.83. The molecule has 0 saturated carbocycles. The van der Waals surface area contributed by atoms with E-state index in [0.717, 1.165) is 50.1 Å². The van der Waals surface area contributed by atoms with Gasteiger partial charge in [-0.1, -0.05) is 42.5 Å². The fourth-order valence-electron chi connectivity index (χ4n) is 3.83. The molecule has 1 N–H and O–H groups in total. The maximum absolute atomic E-state index is 6.10. The van der Waals surface area contributed by atoms with E-state index in [-0.39, 0.29) is 6.10 Å². The lowest BCUT2D eigenvalue weighted by Gasteiger charge is -2.35. The first-order valence-electron chi connectivity index (χ1n) is 9.72. The summed E-state index contributed by atoms with van der Waals surface area (Å²) < 4.78 is 11.9. The van der Waals surface area contributed by atoms with Gasteiger partial charge < -0.3 is 14.8 Å². The van der Waals surface area contributed by atoms with E-state index < -0.39 is 0 Å². The molecule has 4 rings (SSSR count). The number of piperidine rings is 1. The Morgan fingerprint density at radius 2 is 1.65 bits per heavy atom. The Morgan fingerprint density at radius 1 is 0.923 bits per heavy atom. The largest absolute Gasteiger partial charge is 0.486 e. The van der Waals surface area contributed by atoms with Crippen LogP contribution in [-0.2, 0) is 6.54 Å². The summed E-state index contributed by atoms with van der Waals surface area (Å²) in [4.78, 5) is 2.52. The number of nitrogens with zero attached hydrogens (tertiary/aromatic N) is 1. The summed E-state index contributed by atoms with van der Waals surface area (Å²) in [7, 11) is 0. The van der Waals surface area contributed by atoms with Crippen molar-refractivity contribution in [2.75, 3.05) is 32.8 Å². The van der Waals surface area contributed by atoms with Crippen molar-refractivity contribution in [2.45, 2.75) is 25.5 Å². The molecule has 2 aliphatic rings. The van der Waals surface area contributed by atoms with Gasteiger partial charge in [0.1, 0.15) is 12.7 Å². The molecule has 2 aliphatic heterocycles. The van der Waals surface area contributed by atoms with Crippen LogP contribution in [0.3, 0.4) is 0 Å². The predicted molar refractivity (Wildman–Crippen MR) is 104 cm³/mol. The van der Waals surface area contributed by atoms with E-state index >= 15 is 0 Å². The summed E-state index contributed by atoms with van der Waals surface area (Å²) in [6.07, 6.45) is 2.65. The lowest BCUT2D eigenvalue weighted by molar-refractivity contribution is 0.0477. The highest BCUT2D eigenvalue weighted by Gasteiger charge is 2.25. The maximum atomic E-state index is 6.10. The van der Waals surface area contributed by atoms with Crippen molar-refractivity contribution in [2.24, 2.45) is 5.92 Å². The van der Waals surface area contributed by atoms with Crippen molar-refractivity contribution in [3.05, 3.63) is 60.2 Å². The molecule has 26 heavy (non-hydrogen) atoms. The van der Waals surface area contributed by atoms with E-state index in [1.54, 1.807) is 0 Å². The molecule has 4 nitrogen and oxygen atoms in total. The highest BCUT2D eigenvalue weighted by molar-refractivity contribution is 5.40. The predicted octanol–water partition coefficient (Wildman–Crippen LogP) is 3.33. The zero-order chi connectivity index (χ0) is 17.6. The van der Waals surface area contributed by atoms with Crippen LogP contribution < -0.4 is 14.8 Å². The van der Waals surface area contributed by atoms with Gasteiger partial charge in [0.05, 0.1) is 0 Å². The third-order valence-corrected chi connectivity index (χ3v) is 5.34. The van der Waals surface area contributed by atoms with Crippen LogP contribution in [0, 0.1) is 5.92 Å². The number of ether oxygens (including phenoxy) is 2. The molecule has 1 unspecified atom stereocenters.